The van der Waals surface area contributed by atoms with E-state index in [9.17, 15) is 14.3 Å². The van der Waals surface area contributed by atoms with E-state index >= 15 is 0 Å². The Kier molecular flexibility index (Phi) is 46.5. The van der Waals surface area contributed by atoms with Gasteiger partial charge in [0.15, 0.2) is 0 Å². The quantitative estimate of drug-likeness (QED) is 0.0269. The molecule has 9 heteroatoms. The SMILES string of the molecule is CC/C=C\C/C=C\C/C=C\C/C=C\C/C=C\C/C=C\CCCCCCCCCOCC(COP(=O)(O)OCCN)OC(=O)CCCCCC/C=C\C/C=C\C/C=C\C/C=C\CC. The summed E-state index contributed by atoms with van der Waals surface area (Å²) in [5.41, 5.74) is 5.38. The van der Waals surface area contributed by atoms with Gasteiger partial charge in [0.1, 0.15) is 6.10 Å². The van der Waals surface area contributed by atoms with Gasteiger partial charge in [-0.2, -0.15) is 0 Å². The molecule has 0 aliphatic heterocycles. The monoisotopic (exact) mass is 882 g/mol. The second-order valence-corrected chi connectivity index (χ2v) is 16.7. The molecular weight excluding hydrogens is 794 g/mol. The van der Waals surface area contributed by atoms with Crippen LogP contribution in [0.4, 0.5) is 0 Å². The van der Waals surface area contributed by atoms with Crippen LogP contribution in [0.2, 0.25) is 0 Å². The van der Waals surface area contributed by atoms with Gasteiger partial charge >= 0.3 is 13.8 Å². The Morgan fingerprint density at radius 3 is 1.27 bits per heavy atom. The number of carbonyl (C=O) groups is 1. The Hall–Kier alpha value is -3.10. The minimum Gasteiger partial charge on any atom is -0.457 e. The molecule has 0 aromatic heterocycles. The highest BCUT2D eigenvalue weighted by molar-refractivity contribution is 7.47. The first kappa shape index (κ1) is 58.9. The molecule has 3 N–H and O–H groups in total. The van der Waals surface area contributed by atoms with Crippen LogP contribution in [0.15, 0.2) is 122 Å². The van der Waals surface area contributed by atoms with Gasteiger partial charge in [-0.05, 0) is 103 Å². The van der Waals surface area contributed by atoms with E-state index in [-0.39, 0.29) is 38.8 Å². The van der Waals surface area contributed by atoms with E-state index in [2.05, 4.69) is 135 Å². The van der Waals surface area contributed by atoms with Crippen LogP contribution in [-0.4, -0.2) is 49.9 Å². The summed E-state index contributed by atoms with van der Waals surface area (Å²) in [6, 6.07) is 0. The van der Waals surface area contributed by atoms with E-state index in [1.54, 1.807) is 0 Å². The van der Waals surface area contributed by atoms with Crippen molar-refractivity contribution in [3.63, 3.8) is 0 Å². The zero-order valence-electron chi connectivity index (χ0n) is 39.1. The maximum absolute atomic E-state index is 12.6. The highest BCUT2D eigenvalue weighted by Crippen LogP contribution is 2.43. The molecule has 0 saturated heterocycles. The van der Waals surface area contributed by atoms with E-state index in [1.807, 2.05) is 0 Å². The van der Waals surface area contributed by atoms with Gasteiger partial charge in [0, 0.05) is 19.6 Å². The number of hydrogen-bond donors (Lipinski definition) is 2. The molecule has 0 aromatic rings. The molecule has 0 heterocycles. The molecule has 0 fully saturated rings. The molecule has 0 spiro atoms. The predicted octanol–water partition coefficient (Wildman–Crippen LogP) is 15.0. The maximum Gasteiger partial charge on any atom is 0.472 e. The lowest BCUT2D eigenvalue weighted by atomic mass is 10.1. The molecule has 0 aromatic carbocycles. The molecular formula is C53H88NO7P. The first-order chi connectivity index (χ1) is 30.4. The minimum atomic E-state index is -4.30. The van der Waals surface area contributed by atoms with Crippen LogP contribution in [0.5, 0.6) is 0 Å². The molecule has 0 bridgehead atoms. The highest BCUT2D eigenvalue weighted by Gasteiger charge is 2.25. The Morgan fingerprint density at radius 2 is 0.855 bits per heavy atom. The topological polar surface area (TPSA) is 117 Å². The van der Waals surface area contributed by atoms with Crippen molar-refractivity contribution in [1.82, 2.24) is 0 Å². The molecule has 2 atom stereocenters. The molecule has 0 aliphatic rings. The third-order valence-electron chi connectivity index (χ3n) is 9.37. The second kappa shape index (κ2) is 48.9. The van der Waals surface area contributed by atoms with Gasteiger partial charge in [-0.3, -0.25) is 13.8 Å². The minimum absolute atomic E-state index is 0.0865. The van der Waals surface area contributed by atoms with E-state index in [1.165, 1.54) is 25.7 Å². The Labute approximate surface area is 379 Å². The predicted molar refractivity (Wildman–Crippen MR) is 265 cm³/mol. The number of nitrogens with two attached hydrogens (primary N) is 1. The third kappa shape index (κ3) is 47.9. The fraction of sp³-hybridized carbons (Fsp3) is 0.604. The Balaban J connectivity index is 4.07. The Morgan fingerprint density at radius 1 is 0.484 bits per heavy atom. The maximum atomic E-state index is 12.6. The number of esters is 1. The summed E-state index contributed by atoms with van der Waals surface area (Å²) in [5, 5.41) is 0. The molecule has 2 unspecified atom stereocenters. The summed E-state index contributed by atoms with van der Waals surface area (Å²) in [4.78, 5) is 22.5. The molecule has 352 valence electrons. The van der Waals surface area contributed by atoms with Crippen LogP contribution in [0.25, 0.3) is 0 Å². The van der Waals surface area contributed by atoms with Crippen LogP contribution in [0, 0.1) is 0 Å². The van der Waals surface area contributed by atoms with Crippen molar-refractivity contribution in [2.75, 3.05) is 33.0 Å². The average molecular weight is 882 g/mol. The molecule has 8 nitrogen and oxygen atoms in total. The first-order valence-corrected chi connectivity index (χ1v) is 25.5. The number of phosphoric ester groups is 1. The van der Waals surface area contributed by atoms with Crippen molar-refractivity contribution in [3.05, 3.63) is 122 Å². The van der Waals surface area contributed by atoms with Gasteiger partial charge < -0.3 is 20.1 Å². The average Bonchev–Trinajstić information content (AvgIpc) is 3.26. The lowest BCUT2D eigenvalue weighted by Gasteiger charge is -2.20. The molecule has 0 saturated carbocycles. The van der Waals surface area contributed by atoms with Crippen LogP contribution in [-0.2, 0) is 27.9 Å². The van der Waals surface area contributed by atoms with Crippen LogP contribution in [0.1, 0.15) is 168 Å². The number of rotatable bonds is 44. The summed E-state index contributed by atoms with van der Waals surface area (Å²) in [5.74, 6) is -0.363. The van der Waals surface area contributed by atoms with Crippen LogP contribution < -0.4 is 5.73 Å². The smallest absolute Gasteiger partial charge is 0.457 e. The molecule has 0 radical (unpaired) electrons. The van der Waals surface area contributed by atoms with E-state index in [4.69, 9.17) is 24.3 Å². The van der Waals surface area contributed by atoms with Gasteiger partial charge in [-0.1, -0.05) is 180 Å². The standard InChI is InChI=1S/C53H88NO7P/c1-3-5-7-9-11-13-15-17-19-21-22-23-24-25-26-27-28-29-31-33-35-37-39-41-43-45-48-58-50-52(51-60-62(56,57)59-49-47-54)61-53(55)46-44-42-40-38-36-34-32-30-20-18-16-14-12-10-8-6-4-2/h5-8,11-14,17-20,22-23,25-26,28-29,32,34,52H,3-4,9-10,15-16,21,24,27,30-31,33,35-51,54H2,1-2H3,(H,56,57)/b7-5-,8-6-,13-11-,14-12-,19-17-,20-18-,23-22-,26-25-,29-28-,34-32-. The number of unbranched alkanes of at least 4 members (excludes halogenated alkanes) is 11. The summed E-state index contributed by atoms with van der Waals surface area (Å²) in [6.45, 7) is 4.60. The summed E-state index contributed by atoms with van der Waals surface area (Å²) >= 11 is 0. The normalized spacial score (nSPS) is 14.5. The lowest BCUT2D eigenvalue weighted by Crippen LogP contribution is -2.28. The van der Waals surface area contributed by atoms with Crippen LogP contribution >= 0.6 is 7.82 Å². The fourth-order valence-electron chi connectivity index (χ4n) is 5.93. The molecule has 0 rings (SSSR count). The summed E-state index contributed by atoms with van der Waals surface area (Å²) in [7, 11) is -4.30. The zero-order valence-corrected chi connectivity index (χ0v) is 39.9. The number of phosphoric acid groups is 1. The van der Waals surface area contributed by atoms with Crippen LogP contribution in [0.3, 0.4) is 0 Å². The van der Waals surface area contributed by atoms with Gasteiger partial charge in [-0.25, -0.2) is 4.57 Å². The fourth-order valence-corrected chi connectivity index (χ4v) is 6.70. The number of carbonyl (C=O) groups excluding carboxylic acids is 1. The second-order valence-electron chi connectivity index (χ2n) is 15.2. The first-order valence-electron chi connectivity index (χ1n) is 24.0. The van der Waals surface area contributed by atoms with Crippen molar-refractivity contribution < 1.29 is 32.8 Å². The van der Waals surface area contributed by atoms with Crippen molar-refractivity contribution in [1.29, 1.82) is 0 Å². The Bertz CT molecular complexity index is 1360. The number of allylic oxidation sites excluding steroid dienone is 20. The van der Waals surface area contributed by atoms with Gasteiger partial charge in [0.05, 0.1) is 19.8 Å². The van der Waals surface area contributed by atoms with E-state index in [0.29, 0.717) is 6.61 Å². The molecule has 0 amide bonds. The van der Waals surface area contributed by atoms with Gasteiger partial charge in [0.2, 0.25) is 0 Å². The molecule has 0 aliphatic carbocycles. The lowest BCUT2D eigenvalue weighted by molar-refractivity contribution is -0.154. The summed E-state index contributed by atoms with van der Waals surface area (Å²) in [6.07, 6.45) is 68.0. The third-order valence-corrected chi connectivity index (χ3v) is 10.4. The highest BCUT2D eigenvalue weighted by atomic mass is 31.2. The van der Waals surface area contributed by atoms with Gasteiger partial charge in [0.25, 0.3) is 0 Å². The van der Waals surface area contributed by atoms with E-state index in [0.717, 1.165) is 122 Å². The largest absolute Gasteiger partial charge is 0.472 e. The van der Waals surface area contributed by atoms with Crippen molar-refractivity contribution in [2.45, 2.75) is 174 Å². The number of ether oxygens (including phenoxy) is 2. The zero-order chi connectivity index (χ0) is 45.1. The van der Waals surface area contributed by atoms with Crippen molar-refractivity contribution in [2.24, 2.45) is 5.73 Å². The van der Waals surface area contributed by atoms with Crippen molar-refractivity contribution in [3.8, 4) is 0 Å². The van der Waals surface area contributed by atoms with E-state index < -0.39 is 13.9 Å². The molecule has 62 heavy (non-hydrogen) atoms. The van der Waals surface area contributed by atoms with Gasteiger partial charge in [-0.15, -0.1) is 0 Å². The number of hydrogen-bond acceptors (Lipinski definition) is 7. The van der Waals surface area contributed by atoms with Crippen molar-refractivity contribution >= 4 is 13.8 Å². The summed E-state index contributed by atoms with van der Waals surface area (Å²) < 4.78 is 33.5.